The van der Waals surface area contributed by atoms with Gasteiger partial charge in [-0.15, -0.1) is 0 Å². The number of ether oxygens (including phenoxy) is 2. The lowest BCUT2D eigenvalue weighted by atomic mass is 9.94. The van der Waals surface area contributed by atoms with Crippen LogP contribution in [0.1, 0.15) is 26.7 Å². The minimum Gasteiger partial charge on any atom is -0.468 e. The van der Waals surface area contributed by atoms with E-state index in [9.17, 15) is 4.79 Å². The van der Waals surface area contributed by atoms with Crippen molar-refractivity contribution in [3.63, 3.8) is 0 Å². The number of hydrogen-bond donors (Lipinski definition) is 1. The first-order valence-corrected chi connectivity index (χ1v) is 4.98. The van der Waals surface area contributed by atoms with Gasteiger partial charge in [0.1, 0.15) is 0 Å². The summed E-state index contributed by atoms with van der Waals surface area (Å²) >= 11 is 0. The molecular formula is C10H19NO3. The first-order chi connectivity index (χ1) is 6.53. The third-order valence-electron chi connectivity index (χ3n) is 2.46. The Morgan fingerprint density at radius 1 is 1.64 bits per heavy atom. The molecule has 82 valence electrons. The molecule has 0 bridgehead atoms. The van der Waals surface area contributed by atoms with Gasteiger partial charge in [0.05, 0.1) is 19.3 Å². The Bertz CT molecular complexity index is 204. The van der Waals surface area contributed by atoms with Crippen LogP contribution < -0.4 is 5.32 Å². The summed E-state index contributed by atoms with van der Waals surface area (Å²) in [5.41, 5.74) is -0.0773. The van der Waals surface area contributed by atoms with Crippen molar-refractivity contribution in [1.29, 1.82) is 0 Å². The van der Waals surface area contributed by atoms with E-state index >= 15 is 0 Å². The molecule has 1 atom stereocenters. The molecule has 1 heterocycles. The maximum Gasteiger partial charge on any atom is 0.319 e. The monoisotopic (exact) mass is 201 g/mol. The first-order valence-electron chi connectivity index (χ1n) is 4.98. The van der Waals surface area contributed by atoms with Crippen molar-refractivity contribution in [3.05, 3.63) is 0 Å². The molecule has 1 aliphatic heterocycles. The number of methoxy groups -OCH3 is 1. The summed E-state index contributed by atoms with van der Waals surface area (Å²) in [6, 6.07) is 0.359. The molecular weight excluding hydrogens is 182 g/mol. The fourth-order valence-corrected chi connectivity index (χ4v) is 1.71. The molecule has 1 N–H and O–H groups in total. The molecule has 0 saturated carbocycles. The molecule has 0 aliphatic carbocycles. The van der Waals surface area contributed by atoms with Gasteiger partial charge in [-0.2, -0.15) is 0 Å². The molecule has 4 nitrogen and oxygen atoms in total. The molecule has 1 fully saturated rings. The van der Waals surface area contributed by atoms with E-state index < -0.39 is 0 Å². The van der Waals surface area contributed by atoms with Crippen LogP contribution in [0.4, 0.5) is 0 Å². The Hall–Kier alpha value is -0.610. The number of hydrogen-bond acceptors (Lipinski definition) is 4. The van der Waals surface area contributed by atoms with Crippen molar-refractivity contribution in [3.8, 4) is 0 Å². The Labute approximate surface area is 85.0 Å². The number of rotatable bonds is 3. The quantitative estimate of drug-likeness (QED) is 0.683. The summed E-state index contributed by atoms with van der Waals surface area (Å²) in [6.07, 6.45) is 1.89. The minimum atomic E-state index is -0.214. The van der Waals surface area contributed by atoms with Gasteiger partial charge in [-0.25, -0.2) is 0 Å². The first kappa shape index (κ1) is 11.5. The van der Waals surface area contributed by atoms with Gasteiger partial charge in [0.15, 0.2) is 0 Å². The summed E-state index contributed by atoms with van der Waals surface area (Å²) in [5, 5.41) is 3.17. The molecule has 0 aromatic rings. The number of nitrogens with one attached hydrogen (secondary N) is 1. The molecule has 0 aromatic carbocycles. The third-order valence-corrected chi connectivity index (χ3v) is 2.46. The standard InChI is InChI=1S/C10H19NO3/c1-10(2)6-8(4-5-14-10)11-7-9(12)13-3/h8,11H,4-7H2,1-3H3. The summed E-state index contributed by atoms with van der Waals surface area (Å²) < 4.78 is 10.1. The van der Waals surface area contributed by atoms with Crippen molar-refractivity contribution in [2.45, 2.75) is 38.3 Å². The highest BCUT2D eigenvalue weighted by Gasteiger charge is 2.28. The summed E-state index contributed by atoms with van der Waals surface area (Å²) in [7, 11) is 1.40. The molecule has 4 heteroatoms. The van der Waals surface area contributed by atoms with Crippen LogP contribution in [0, 0.1) is 0 Å². The molecule has 0 amide bonds. The highest BCUT2D eigenvalue weighted by atomic mass is 16.5. The van der Waals surface area contributed by atoms with Crippen LogP contribution in [0.3, 0.4) is 0 Å². The van der Waals surface area contributed by atoms with Gasteiger partial charge < -0.3 is 14.8 Å². The number of carbonyl (C=O) groups is 1. The highest BCUT2D eigenvalue weighted by Crippen LogP contribution is 2.23. The molecule has 0 radical (unpaired) electrons. The van der Waals surface area contributed by atoms with Crippen LogP contribution in [0.5, 0.6) is 0 Å². The Kier molecular flexibility index (Phi) is 3.89. The van der Waals surface area contributed by atoms with Crippen LogP contribution in [0.2, 0.25) is 0 Å². The average molecular weight is 201 g/mol. The van der Waals surface area contributed by atoms with Crippen molar-refractivity contribution in [1.82, 2.24) is 5.32 Å². The van der Waals surface area contributed by atoms with Gasteiger partial charge in [-0.3, -0.25) is 4.79 Å². The average Bonchev–Trinajstić information content (AvgIpc) is 2.12. The zero-order valence-electron chi connectivity index (χ0n) is 9.13. The summed E-state index contributed by atoms with van der Waals surface area (Å²) in [4.78, 5) is 10.9. The van der Waals surface area contributed by atoms with Gasteiger partial charge in [-0.1, -0.05) is 0 Å². The van der Waals surface area contributed by atoms with Gasteiger partial charge >= 0.3 is 5.97 Å². The lowest BCUT2D eigenvalue weighted by Crippen LogP contribution is -2.45. The van der Waals surface area contributed by atoms with Crippen LogP contribution >= 0.6 is 0 Å². The second kappa shape index (κ2) is 4.75. The van der Waals surface area contributed by atoms with Crippen molar-refractivity contribution in [2.24, 2.45) is 0 Å². The highest BCUT2D eigenvalue weighted by molar-refractivity contribution is 5.71. The predicted molar refractivity (Wildman–Crippen MR) is 53.1 cm³/mol. The van der Waals surface area contributed by atoms with Crippen LogP contribution in [0.15, 0.2) is 0 Å². The molecule has 1 rings (SSSR count). The lowest BCUT2D eigenvalue weighted by Gasteiger charge is -2.35. The molecule has 1 saturated heterocycles. The number of esters is 1. The SMILES string of the molecule is COC(=O)CNC1CCOC(C)(C)C1. The van der Waals surface area contributed by atoms with Crippen LogP contribution in [-0.4, -0.2) is 37.9 Å². The molecule has 0 spiro atoms. The van der Waals surface area contributed by atoms with E-state index in [0.29, 0.717) is 6.04 Å². The fourth-order valence-electron chi connectivity index (χ4n) is 1.71. The van der Waals surface area contributed by atoms with Crippen molar-refractivity contribution < 1.29 is 14.3 Å². The largest absolute Gasteiger partial charge is 0.468 e. The molecule has 1 aliphatic rings. The molecule has 0 aromatic heterocycles. The zero-order chi connectivity index (χ0) is 10.6. The van der Waals surface area contributed by atoms with E-state index in [1.54, 1.807) is 0 Å². The second-order valence-electron chi connectivity index (χ2n) is 4.25. The summed E-state index contributed by atoms with van der Waals surface area (Å²) in [5.74, 6) is -0.214. The van der Waals surface area contributed by atoms with E-state index in [0.717, 1.165) is 19.4 Å². The Balaban J connectivity index is 2.28. The summed E-state index contributed by atoms with van der Waals surface area (Å²) in [6.45, 7) is 5.18. The van der Waals surface area contributed by atoms with E-state index in [1.807, 2.05) is 0 Å². The van der Waals surface area contributed by atoms with Gasteiger partial charge in [-0.05, 0) is 26.7 Å². The molecule has 1 unspecified atom stereocenters. The van der Waals surface area contributed by atoms with E-state index in [-0.39, 0.29) is 18.1 Å². The third kappa shape index (κ3) is 3.64. The Morgan fingerprint density at radius 3 is 2.93 bits per heavy atom. The van der Waals surface area contributed by atoms with E-state index in [2.05, 4.69) is 23.9 Å². The van der Waals surface area contributed by atoms with E-state index in [1.165, 1.54) is 7.11 Å². The minimum absolute atomic E-state index is 0.0773. The maximum absolute atomic E-state index is 10.9. The van der Waals surface area contributed by atoms with Gasteiger partial charge in [0.25, 0.3) is 0 Å². The van der Waals surface area contributed by atoms with Crippen molar-refractivity contribution >= 4 is 5.97 Å². The van der Waals surface area contributed by atoms with Crippen LogP contribution in [0.25, 0.3) is 0 Å². The van der Waals surface area contributed by atoms with Gasteiger partial charge in [0.2, 0.25) is 0 Å². The smallest absolute Gasteiger partial charge is 0.319 e. The Morgan fingerprint density at radius 2 is 2.36 bits per heavy atom. The fraction of sp³-hybridized carbons (Fsp3) is 0.900. The second-order valence-corrected chi connectivity index (χ2v) is 4.25. The van der Waals surface area contributed by atoms with Crippen LogP contribution in [-0.2, 0) is 14.3 Å². The molecule has 14 heavy (non-hydrogen) atoms. The predicted octanol–water partition coefficient (Wildman–Crippen LogP) is 0.707. The maximum atomic E-state index is 10.9. The van der Waals surface area contributed by atoms with E-state index in [4.69, 9.17) is 4.74 Å². The lowest BCUT2D eigenvalue weighted by molar-refractivity contribution is -0.140. The topological polar surface area (TPSA) is 47.6 Å². The zero-order valence-corrected chi connectivity index (χ0v) is 9.13. The van der Waals surface area contributed by atoms with Crippen molar-refractivity contribution in [2.75, 3.05) is 20.3 Å². The number of carbonyl (C=O) groups excluding carboxylic acids is 1. The normalized spacial score (nSPS) is 25.8. The van der Waals surface area contributed by atoms with Gasteiger partial charge in [0, 0.05) is 12.6 Å².